The highest BCUT2D eigenvalue weighted by Crippen LogP contribution is 2.30. The molecule has 0 fully saturated rings. The number of fused-ring (bicyclic) bond motifs is 1. The molecule has 0 saturated carbocycles. The molecule has 2 atom stereocenters. The van der Waals surface area contributed by atoms with Crippen LogP contribution in [0.1, 0.15) is 11.1 Å². The Hall–Kier alpha value is -1.71. The van der Waals surface area contributed by atoms with Gasteiger partial charge in [0.05, 0.1) is 19.3 Å². The fourth-order valence-corrected chi connectivity index (χ4v) is 2.12. The molecule has 0 bridgehead atoms. The van der Waals surface area contributed by atoms with Crippen molar-refractivity contribution in [3.63, 3.8) is 0 Å². The lowest BCUT2D eigenvalue weighted by Crippen LogP contribution is -2.33. The predicted octanol–water partition coefficient (Wildman–Crippen LogP) is 1.83. The lowest BCUT2D eigenvalue weighted by atomic mass is 9.86. The van der Waals surface area contributed by atoms with Crippen LogP contribution in [0, 0.1) is 0 Å². The van der Waals surface area contributed by atoms with E-state index in [0.29, 0.717) is 12.8 Å². The molecule has 0 saturated heterocycles. The molecule has 5 nitrogen and oxygen atoms in total. The molecule has 1 aliphatic carbocycles. The van der Waals surface area contributed by atoms with Crippen LogP contribution in [0.3, 0.4) is 0 Å². The molecule has 0 amide bonds. The Bertz CT molecular complexity index is 441. The maximum Gasteiger partial charge on any atom is 0.122 e. The Labute approximate surface area is 93.3 Å². The average molecular weight is 219 g/mol. The van der Waals surface area contributed by atoms with Crippen LogP contribution < -0.4 is 4.74 Å². The van der Waals surface area contributed by atoms with E-state index >= 15 is 0 Å². The summed E-state index contributed by atoms with van der Waals surface area (Å²) in [6.07, 6.45) is 0.441. The zero-order chi connectivity index (χ0) is 11.5. The molecule has 1 aromatic carbocycles. The van der Waals surface area contributed by atoms with Crippen LogP contribution in [-0.2, 0) is 12.8 Å². The zero-order valence-electron chi connectivity index (χ0n) is 9.00. The van der Waals surface area contributed by atoms with E-state index in [9.17, 15) is 5.11 Å². The number of methoxy groups -OCH3 is 1. The van der Waals surface area contributed by atoms with Gasteiger partial charge in [-0.3, -0.25) is 0 Å². The highest BCUT2D eigenvalue weighted by molar-refractivity contribution is 5.43. The lowest BCUT2D eigenvalue weighted by Gasteiger charge is -2.27. The van der Waals surface area contributed by atoms with Gasteiger partial charge in [0.15, 0.2) is 0 Å². The van der Waals surface area contributed by atoms with Gasteiger partial charge in [0.1, 0.15) is 5.75 Å². The van der Waals surface area contributed by atoms with Crippen LogP contribution in [-0.4, -0.2) is 24.4 Å². The fourth-order valence-electron chi connectivity index (χ4n) is 2.12. The number of hydrogen-bond acceptors (Lipinski definition) is 3. The minimum atomic E-state index is -0.601. The summed E-state index contributed by atoms with van der Waals surface area (Å²) in [6.45, 7) is 0. The predicted molar refractivity (Wildman–Crippen MR) is 59.3 cm³/mol. The molecule has 0 spiro atoms. The van der Waals surface area contributed by atoms with Gasteiger partial charge in [-0.1, -0.05) is 17.2 Å². The Morgan fingerprint density at radius 2 is 2.31 bits per heavy atom. The maximum atomic E-state index is 9.80. The Morgan fingerprint density at radius 3 is 3.00 bits per heavy atom. The van der Waals surface area contributed by atoms with Gasteiger partial charge in [-0.05, 0) is 35.6 Å². The molecule has 5 heteroatoms. The molecule has 1 aromatic rings. The Morgan fingerprint density at radius 1 is 1.50 bits per heavy atom. The summed E-state index contributed by atoms with van der Waals surface area (Å²) in [5, 5.41) is 13.4. The van der Waals surface area contributed by atoms with E-state index < -0.39 is 12.1 Å². The van der Waals surface area contributed by atoms with Gasteiger partial charge >= 0.3 is 0 Å². The number of aliphatic hydroxyl groups is 1. The van der Waals surface area contributed by atoms with E-state index in [1.165, 1.54) is 0 Å². The summed E-state index contributed by atoms with van der Waals surface area (Å²) in [4.78, 5) is 2.76. The van der Waals surface area contributed by atoms with E-state index in [1.54, 1.807) is 7.11 Å². The summed E-state index contributed by atoms with van der Waals surface area (Å²) < 4.78 is 5.26. The first-order chi connectivity index (χ1) is 7.76. The third kappa shape index (κ3) is 1.83. The summed E-state index contributed by atoms with van der Waals surface area (Å²) in [7, 11) is 1.61. The van der Waals surface area contributed by atoms with Gasteiger partial charge in [0.25, 0.3) is 0 Å². The molecule has 84 valence electrons. The van der Waals surface area contributed by atoms with Crippen molar-refractivity contribution < 1.29 is 9.84 Å². The first-order valence-electron chi connectivity index (χ1n) is 5.13. The molecular weight excluding hydrogens is 206 g/mol. The Kier molecular flexibility index (Phi) is 2.99. The second-order valence-electron chi connectivity index (χ2n) is 3.85. The normalized spacial score (nSPS) is 23.1. The number of ether oxygens (including phenoxy) is 1. The van der Waals surface area contributed by atoms with Crippen molar-refractivity contribution in [1.29, 1.82) is 0 Å². The van der Waals surface area contributed by atoms with Gasteiger partial charge in [0.2, 0.25) is 0 Å². The van der Waals surface area contributed by atoms with E-state index in [1.807, 2.05) is 18.2 Å². The largest absolute Gasteiger partial charge is 0.496 e. The van der Waals surface area contributed by atoms with Gasteiger partial charge < -0.3 is 9.84 Å². The topological polar surface area (TPSA) is 78.2 Å². The molecule has 0 radical (unpaired) electrons. The van der Waals surface area contributed by atoms with Crippen molar-refractivity contribution in [2.45, 2.75) is 25.0 Å². The molecule has 0 heterocycles. The second kappa shape index (κ2) is 4.43. The summed E-state index contributed by atoms with van der Waals surface area (Å²) >= 11 is 0. The highest BCUT2D eigenvalue weighted by Gasteiger charge is 2.27. The standard InChI is InChI=1S/C11H13N3O2/c1-16-11-4-2-3-7-5-10(15)9(13-14-12)6-8(7)11/h2-4,9-10,15H,5-6H2,1H3/t9?,10-/m0/s1. The molecule has 1 N–H and O–H groups in total. The summed E-state index contributed by atoms with van der Waals surface area (Å²) in [5.41, 5.74) is 10.5. The van der Waals surface area contributed by atoms with Gasteiger partial charge in [-0.2, -0.15) is 0 Å². The van der Waals surface area contributed by atoms with Crippen molar-refractivity contribution in [2.24, 2.45) is 5.11 Å². The highest BCUT2D eigenvalue weighted by atomic mass is 16.5. The average Bonchev–Trinajstić information content (AvgIpc) is 2.29. The minimum Gasteiger partial charge on any atom is -0.496 e. The third-order valence-corrected chi connectivity index (χ3v) is 2.94. The van der Waals surface area contributed by atoms with Crippen molar-refractivity contribution in [2.75, 3.05) is 7.11 Å². The van der Waals surface area contributed by atoms with E-state index in [4.69, 9.17) is 10.3 Å². The van der Waals surface area contributed by atoms with Crippen LogP contribution in [0.25, 0.3) is 10.4 Å². The van der Waals surface area contributed by atoms with Crippen LogP contribution in [0.15, 0.2) is 23.3 Å². The smallest absolute Gasteiger partial charge is 0.122 e. The summed E-state index contributed by atoms with van der Waals surface area (Å²) in [5.74, 6) is 0.794. The fraction of sp³-hybridized carbons (Fsp3) is 0.455. The van der Waals surface area contributed by atoms with Crippen molar-refractivity contribution in [3.05, 3.63) is 39.8 Å². The molecule has 1 aliphatic rings. The molecule has 16 heavy (non-hydrogen) atoms. The van der Waals surface area contributed by atoms with Gasteiger partial charge in [0, 0.05) is 4.91 Å². The Balaban J connectivity index is 2.39. The monoisotopic (exact) mass is 219 g/mol. The van der Waals surface area contributed by atoms with Crippen molar-refractivity contribution >= 4 is 0 Å². The number of aliphatic hydroxyl groups excluding tert-OH is 1. The van der Waals surface area contributed by atoms with Crippen LogP contribution >= 0.6 is 0 Å². The van der Waals surface area contributed by atoms with Gasteiger partial charge in [-0.15, -0.1) is 0 Å². The van der Waals surface area contributed by atoms with E-state index in [-0.39, 0.29) is 0 Å². The second-order valence-corrected chi connectivity index (χ2v) is 3.85. The van der Waals surface area contributed by atoms with Crippen molar-refractivity contribution in [3.8, 4) is 5.75 Å². The van der Waals surface area contributed by atoms with Gasteiger partial charge in [-0.25, -0.2) is 0 Å². The molecule has 0 aliphatic heterocycles. The number of azide groups is 1. The maximum absolute atomic E-state index is 9.80. The molecule has 1 unspecified atom stereocenters. The SMILES string of the molecule is COc1cccc2c1CC(N=[N+]=[N-])[C@@H](O)C2. The molecule has 2 rings (SSSR count). The third-order valence-electron chi connectivity index (χ3n) is 2.94. The van der Waals surface area contributed by atoms with E-state index in [0.717, 1.165) is 16.9 Å². The van der Waals surface area contributed by atoms with Crippen molar-refractivity contribution in [1.82, 2.24) is 0 Å². The first kappa shape index (κ1) is 10.8. The first-order valence-corrected chi connectivity index (χ1v) is 5.13. The van der Waals surface area contributed by atoms with E-state index in [2.05, 4.69) is 10.0 Å². The lowest BCUT2D eigenvalue weighted by molar-refractivity contribution is 0.136. The minimum absolute atomic E-state index is 0.395. The van der Waals surface area contributed by atoms with Crippen LogP contribution in [0.2, 0.25) is 0 Å². The van der Waals surface area contributed by atoms with Crippen LogP contribution in [0.4, 0.5) is 0 Å². The summed E-state index contributed by atoms with van der Waals surface area (Å²) in [6, 6.07) is 5.35. The molecular formula is C11H13N3O2. The number of rotatable bonds is 2. The number of benzene rings is 1. The quantitative estimate of drug-likeness (QED) is 0.468. The molecule has 0 aromatic heterocycles. The number of hydrogen-bond donors (Lipinski definition) is 1. The zero-order valence-corrected chi connectivity index (χ0v) is 9.00. The van der Waals surface area contributed by atoms with Crippen LogP contribution in [0.5, 0.6) is 5.75 Å². The number of nitrogens with zero attached hydrogens (tertiary/aromatic N) is 3.